The number of nitrogens with zero attached hydrogens (tertiary/aromatic N) is 5. The number of nitro groups is 2. The number of Topliss-reactive ketones (excluding diaryl/α,β-unsaturated/α-hetero) is 2. The smallest absolute Gasteiger partial charge is 0.416 e. The van der Waals surface area contributed by atoms with Crippen LogP contribution in [0.2, 0.25) is 0 Å². The zero-order chi connectivity index (χ0) is 49.1. The topological polar surface area (TPSA) is 197 Å². The van der Waals surface area contributed by atoms with Crippen molar-refractivity contribution in [3.8, 4) is 0 Å². The van der Waals surface area contributed by atoms with Crippen LogP contribution in [-0.4, -0.2) is 105 Å². The number of ketones is 2. The van der Waals surface area contributed by atoms with Crippen molar-refractivity contribution in [1.82, 2.24) is 20.0 Å². The highest BCUT2D eigenvalue weighted by Gasteiger charge is 2.31. The first-order valence-corrected chi connectivity index (χ1v) is 21.2. The zero-order valence-electron chi connectivity index (χ0n) is 36.3. The standard InChI is InChI=1S/C23H24F3N3O4.C12H15F3N2.C11H11NO5/c24-23(25,26)19-4-1-3-17(15-19)16-27-11-13-28(14-12-27)22(31)6-2-5-21(30)18-7-9-20(10-8-18)29(32)33;13-12(14,15)11-3-1-2-10(8-11)9-17-6-4-16-5-7-17;13-10(2-1-3-11(14)15)8-4-6-9(7-5-8)12(16)17/h1,3-4,7-10,15H,2,5-6,11-14,16H2;1-3,8,16H,4-7,9H2;4-7H,1-3H2,(H,14,15). The van der Waals surface area contributed by atoms with Crippen molar-refractivity contribution < 1.29 is 60.5 Å². The molecular weight excluding hydrogens is 895 g/mol. The van der Waals surface area contributed by atoms with Crippen LogP contribution < -0.4 is 5.32 Å². The van der Waals surface area contributed by atoms with E-state index < -0.39 is 39.3 Å². The molecule has 4 aromatic carbocycles. The predicted octanol–water partition coefficient (Wildman–Crippen LogP) is 8.45. The van der Waals surface area contributed by atoms with Crippen molar-refractivity contribution in [3.05, 3.63) is 151 Å². The first-order chi connectivity index (χ1) is 31.7. The lowest BCUT2D eigenvalue weighted by Crippen LogP contribution is -2.48. The number of hydrogen-bond donors (Lipinski definition) is 2. The second-order valence-electron chi connectivity index (χ2n) is 15.6. The maximum Gasteiger partial charge on any atom is 0.416 e. The Kier molecular flexibility index (Phi) is 20.1. The highest BCUT2D eigenvalue weighted by Crippen LogP contribution is 2.31. The number of carbonyl (C=O) groups is 4. The minimum atomic E-state index is -4.37. The molecule has 1 amide bonds. The highest BCUT2D eigenvalue weighted by molar-refractivity contribution is 5.97. The van der Waals surface area contributed by atoms with Gasteiger partial charge in [0, 0.05) is 127 Å². The summed E-state index contributed by atoms with van der Waals surface area (Å²) in [5.74, 6) is -1.39. The molecule has 0 aliphatic carbocycles. The first kappa shape index (κ1) is 53.0. The molecule has 15 nitrogen and oxygen atoms in total. The Morgan fingerprint density at radius 2 is 0.970 bits per heavy atom. The molecule has 2 saturated heterocycles. The van der Waals surface area contributed by atoms with E-state index >= 15 is 0 Å². The van der Waals surface area contributed by atoms with Crippen LogP contribution in [0.4, 0.5) is 37.7 Å². The van der Waals surface area contributed by atoms with E-state index in [1.165, 1.54) is 66.7 Å². The van der Waals surface area contributed by atoms with Gasteiger partial charge in [0.05, 0.1) is 21.0 Å². The normalized spacial score (nSPS) is 14.4. The Morgan fingerprint density at radius 1 is 0.567 bits per heavy atom. The van der Waals surface area contributed by atoms with Crippen LogP contribution in [-0.2, 0) is 35.0 Å². The van der Waals surface area contributed by atoms with E-state index in [1.807, 2.05) is 4.90 Å². The molecule has 0 atom stereocenters. The fraction of sp³-hybridized carbons (Fsp3) is 0.391. The fourth-order valence-corrected chi connectivity index (χ4v) is 7.02. The minimum absolute atomic E-state index is 0.0568. The van der Waals surface area contributed by atoms with Gasteiger partial charge in [-0.05, 0) is 60.4 Å². The number of hydrogen-bond acceptors (Lipinski definition) is 11. The lowest BCUT2D eigenvalue weighted by Gasteiger charge is -2.35. The number of nitro benzene ring substituents is 2. The predicted molar refractivity (Wildman–Crippen MR) is 233 cm³/mol. The number of alkyl halides is 6. The Bertz CT molecular complexity index is 2300. The van der Waals surface area contributed by atoms with E-state index in [0.717, 1.165) is 49.9 Å². The lowest BCUT2D eigenvalue weighted by atomic mass is 10.0. The maximum absolute atomic E-state index is 12.9. The molecule has 0 spiro atoms. The van der Waals surface area contributed by atoms with Gasteiger partial charge in [0.2, 0.25) is 5.91 Å². The summed E-state index contributed by atoms with van der Waals surface area (Å²) in [4.78, 5) is 72.3. The molecule has 4 aromatic rings. The van der Waals surface area contributed by atoms with Gasteiger partial charge in [0.25, 0.3) is 11.4 Å². The van der Waals surface area contributed by atoms with Crippen LogP contribution in [0.1, 0.15) is 81.5 Å². The second kappa shape index (κ2) is 25.4. The Morgan fingerprint density at radius 3 is 1.36 bits per heavy atom. The van der Waals surface area contributed by atoms with Crippen LogP contribution in [0.5, 0.6) is 0 Å². The molecule has 2 fully saturated rings. The molecule has 2 aliphatic heterocycles. The SMILES string of the molecule is FC(F)(F)c1cccc(CN2CCNCC2)c1.O=C(CCCC(=O)N1CCN(Cc2cccc(C(F)(F)F)c2)CC1)c1ccc([N+](=O)[O-])cc1.O=C(O)CCCC(=O)c1ccc([N+](=O)[O-])cc1. The molecule has 0 unspecified atom stereocenters. The third-order valence-electron chi connectivity index (χ3n) is 10.6. The fourth-order valence-electron chi connectivity index (χ4n) is 7.02. The van der Waals surface area contributed by atoms with Crippen LogP contribution >= 0.6 is 0 Å². The van der Waals surface area contributed by atoms with E-state index in [1.54, 1.807) is 17.0 Å². The number of aliphatic carboxylic acids is 1. The largest absolute Gasteiger partial charge is 0.481 e. The number of piperazine rings is 2. The van der Waals surface area contributed by atoms with Crippen LogP contribution in [0.15, 0.2) is 97.1 Å². The molecule has 21 heteroatoms. The Hall–Kier alpha value is -6.58. The van der Waals surface area contributed by atoms with Crippen molar-refractivity contribution in [2.24, 2.45) is 0 Å². The van der Waals surface area contributed by atoms with Gasteiger partial charge in [-0.3, -0.25) is 49.2 Å². The number of nitrogens with one attached hydrogen (secondary N) is 1. The first-order valence-electron chi connectivity index (χ1n) is 21.2. The van der Waals surface area contributed by atoms with Crippen molar-refractivity contribution in [2.75, 3.05) is 52.4 Å². The van der Waals surface area contributed by atoms with Gasteiger partial charge in [-0.25, -0.2) is 0 Å². The number of carbonyl (C=O) groups excluding carboxylic acids is 3. The number of carboxylic acid groups (broad SMARTS) is 1. The van der Waals surface area contributed by atoms with Gasteiger partial charge in [-0.15, -0.1) is 0 Å². The molecule has 0 radical (unpaired) electrons. The number of halogens is 6. The average molecular weight is 945 g/mol. The summed E-state index contributed by atoms with van der Waals surface area (Å²) in [6.07, 6.45) is -7.53. The molecule has 0 saturated carbocycles. The van der Waals surface area contributed by atoms with E-state index in [4.69, 9.17) is 5.11 Å². The van der Waals surface area contributed by atoms with Crippen LogP contribution in [0.3, 0.4) is 0 Å². The molecule has 0 bridgehead atoms. The molecule has 0 aromatic heterocycles. The third kappa shape index (κ3) is 18.3. The minimum Gasteiger partial charge on any atom is -0.481 e. The molecule has 2 aliphatic rings. The van der Waals surface area contributed by atoms with E-state index in [9.17, 15) is 65.7 Å². The van der Waals surface area contributed by atoms with E-state index in [2.05, 4.69) is 10.2 Å². The molecule has 360 valence electrons. The molecule has 2 heterocycles. The summed E-state index contributed by atoms with van der Waals surface area (Å²) in [7, 11) is 0. The average Bonchev–Trinajstić information content (AvgIpc) is 3.29. The van der Waals surface area contributed by atoms with Gasteiger partial charge in [0.1, 0.15) is 0 Å². The summed E-state index contributed by atoms with van der Waals surface area (Å²) in [6.45, 7) is 6.63. The lowest BCUT2D eigenvalue weighted by molar-refractivity contribution is -0.385. The monoisotopic (exact) mass is 944 g/mol. The van der Waals surface area contributed by atoms with Gasteiger partial charge in [0.15, 0.2) is 11.6 Å². The number of amides is 1. The second-order valence-corrected chi connectivity index (χ2v) is 15.6. The highest BCUT2D eigenvalue weighted by atomic mass is 19.4. The quantitative estimate of drug-likeness (QED) is 0.0471. The van der Waals surface area contributed by atoms with Gasteiger partial charge in [-0.2, -0.15) is 26.3 Å². The Balaban J connectivity index is 0.000000242. The number of rotatable bonds is 16. The van der Waals surface area contributed by atoms with Crippen molar-refractivity contribution >= 4 is 34.8 Å². The van der Waals surface area contributed by atoms with Gasteiger partial charge < -0.3 is 15.3 Å². The van der Waals surface area contributed by atoms with E-state index in [0.29, 0.717) is 62.4 Å². The zero-order valence-corrected chi connectivity index (χ0v) is 36.3. The molecule has 6 rings (SSSR count). The third-order valence-corrected chi connectivity index (χ3v) is 10.6. The van der Waals surface area contributed by atoms with Gasteiger partial charge >= 0.3 is 18.3 Å². The van der Waals surface area contributed by atoms with Crippen molar-refractivity contribution in [2.45, 2.75) is 64.0 Å². The molecule has 2 N–H and O–H groups in total. The summed E-state index contributed by atoms with van der Waals surface area (Å²) < 4.78 is 76.2. The summed E-state index contributed by atoms with van der Waals surface area (Å²) >= 11 is 0. The number of benzene rings is 4. The summed E-state index contributed by atoms with van der Waals surface area (Å²) in [5, 5.41) is 32.7. The Labute approximate surface area is 381 Å². The van der Waals surface area contributed by atoms with Crippen molar-refractivity contribution in [1.29, 1.82) is 0 Å². The van der Waals surface area contributed by atoms with Gasteiger partial charge in [-0.1, -0.05) is 36.4 Å². The molecule has 67 heavy (non-hydrogen) atoms. The summed E-state index contributed by atoms with van der Waals surface area (Å²) in [5.41, 5.74) is 0.636. The number of carboxylic acids is 1. The van der Waals surface area contributed by atoms with Crippen LogP contribution in [0.25, 0.3) is 0 Å². The van der Waals surface area contributed by atoms with Crippen molar-refractivity contribution in [3.63, 3.8) is 0 Å². The van der Waals surface area contributed by atoms with E-state index in [-0.39, 0.29) is 61.0 Å². The number of non-ortho nitro benzene ring substituents is 2. The summed E-state index contributed by atoms with van der Waals surface area (Å²) in [6, 6.07) is 21.5. The molecular formula is C46H50F6N6O9. The van der Waals surface area contributed by atoms with Crippen LogP contribution in [0, 0.1) is 20.2 Å². The maximum atomic E-state index is 12.9.